The molecule has 0 aliphatic carbocycles. The van der Waals surface area contributed by atoms with Crippen molar-refractivity contribution in [2.45, 2.75) is 26.1 Å². The Morgan fingerprint density at radius 1 is 1.17 bits per heavy atom. The van der Waals surface area contributed by atoms with Crippen LogP contribution in [0, 0.1) is 5.92 Å². The van der Waals surface area contributed by atoms with Crippen molar-refractivity contribution in [2.24, 2.45) is 5.92 Å². The Morgan fingerprint density at radius 2 is 1.94 bits per heavy atom. The predicted octanol–water partition coefficient (Wildman–Crippen LogP) is 4.68. The fraction of sp³-hybridized carbons (Fsp3) is 0.320. The van der Waals surface area contributed by atoms with Crippen molar-refractivity contribution in [3.8, 4) is 16.9 Å². The third-order valence-corrected chi connectivity index (χ3v) is 5.82. The molecule has 2 aromatic heterocycles. The molecule has 0 saturated carbocycles. The molecule has 1 amide bonds. The minimum atomic E-state index is -4.79. The van der Waals surface area contributed by atoms with Gasteiger partial charge < -0.3 is 20.1 Å². The summed E-state index contributed by atoms with van der Waals surface area (Å²) in [5, 5.41) is 12.2. The van der Waals surface area contributed by atoms with Crippen LogP contribution in [0.2, 0.25) is 0 Å². The van der Waals surface area contributed by atoms with Gasteiger partial charge in [0.15, 0.2) is 0 Å². The van der Waals surface area contributed by atoms with Crippen LogP contribution in [0.1, 0.15) is 29.4 Å². The van der Waals surface area contributed by atoms with E-state index in [9.17, 15) is 23.1 Å². The van der Waals surface area contributed by atoms with E-state index in [1.165, 1.54) is 18.3 Å². The van der Waals surface area contributed by atoms with Crippen LogP contribution in [0.5, 0.6) is 5.75 Å². The Kier molecular flexibility index (Phi) is 7.20. The van der Waals surface area contributed by atoms with Gasteiger partial charge in [-0.25, -0.2) is 4.98 Å². The summed E-state index contributed by atoms with van der Waals surface area (Å²) in [6.45, 7) is 3.52. The van der Waals surface area contributed by atoms with E-state index in [1.54, 1.807) is 12.3 Å². The third kappa shape index (κ3) is 6.07. The van der Waals surface area contributed by atoms with Gasteiger partial charge in [0.05, 0.1) is 5.56 Å². The maximum Gasteiger partial charge on any atom is 0.573 e. The average Bonchev–Trinajstić information content (AvgIpc) is 3.33. The molecule has 0 bridgehead atoms. The molecule has 1 atom stereocenters. The summed E-state index contributed by atoms with van der Waals surface area (Å²) < 4.78 is 40.9. The molecular formula is C25H25F3N4O3. The zero-order chi connectivity index (χ0) is 25.0. The van der Waals surface area contributed by atoms with Gasteiger partial charge in [-0.1, -0.05) is 13.0 Å². The predicted molar refractivity (Wildman–Crippen MR) is 125 cm³/mol. The van der Waals surface area contributed by atoms with Crippen LogP contribution in [0.3, 0.4) is 0 Å². The van der Waals surface area contributed by atoms with Gasteiger partial charge in [-0.15, -0.1) is 13.2 Å². The molecule has 35 heavy (non-hydrogen) atoms. The van der Waals surface area contributed by atoms with Gasteiger partial charge in [0.25, 0.3) is 5.91 Å². The Labute approximate surface area is 200 Å². The summed E-state index contributed by atoms with van der Waals surface area (Å²) in [7, 11) is 0. The molecule has 7 nitrogen and oxygen atoms in total. The number of carbonyl (C=O) groups excluding carboxylic acids is 1. The minimum absolute atomic E-state index is 0.103. The molecule has 1 aliphatic heterocycles. The topological polar surface area (TPSA) is 87.6 Å². The summed E-state index contributed by atoms with van der Waals surface area (Å²) in [4.78, 5) is 24.1. The zero-order valence-electron chi connectivity index (χ0n) is 19.0. The number of rotatable bonds is 7. The van der Waals surface area contributed by atoms with Crippen LogP contribution in [0.15, 0.2) is 54.9 Å². The Morgan fingerprint density at radius 3 is 2.54 bits per heavy atom. The molecule has 0 spiro atoms. The van der Waals surface area contributed by atoms with E-state index >= 15 is 0 Å². The first-order chi connectivity index (χ1) is 16.8. The maximum atomic E-state index is 12.9. The number of aryl methyl sites for hydroxylation is 1. The molecule has 1 aliphatic rings. The second kappa shape index (κ2) is 10.3. The number of carbonyl (C=O) groups is 1. The Bertz CT molecular complexity index is 1170. The lowest BCUT2D eigenvalue weighted by molar-refractivity contribution is -0.274. The number of anilines is 2. The number of nitrogens with one attached hydrogen (secondary N) is 1. The number of hydrogen-bond donors (Lipinski definition) is 2. The van der Waals surface area contributed by atoms with Crippen molar-refractivity contribution in [1.29, 1.82) is 0 Å². The lowest BCUT2D eigenvalue weighted by Gasteiger charge is -2.21. The standard InChI is InChI=1S/C25H25F3N4O3/c1-2-19-4-3-17(12-29-19)22-11-18(13-30-23(22)32-10-9-16(14-32)15-33)24(34)31-20-5-7-21(8-6-20)35-25(26,27)28/h3-8,11-13,16,33H,2,9-10,14-15H2,1H3,(H,31,34)/t16-/m0/s1. The number of amides is 1. The molecule has 10 heteroatoms. The zero-order valence-corrected chi connectivity index (χ0v) is 19.0. The summed E-state index contributed by atoms with van der Waals surface area (Å²) in [5.74, 6) is 0.0379. The van der Waals surface area contributed by atoms with E-state index in [2.05, 4.69) is 24.9 Å². The highest BCUT2D eigenvalue weighted by Crippen LogP contribution is 2.33. The molecule has 1 aromatic carbocycles. The first-order valence-electron chi connectivity index (χ1n) is 11.2. The normalized spacial score (nSPS) is 15.8. The number of nitrogens with zero attached hydrogens (tertiary/aromatic N) is 3. The van der Waals surface area contributed by atoms with Gasteiger partial charge >= 0.3 is 6.36 Å². The first-order valence-corrected chi connectivity index (χ1v) is 11.2. The molecular weight excluding hydrogens is 461 g/mol. The monoisotopic (exact) mass is 486 g/mol. The van der Waals surface area contributed by atoms with E-state index < -0.39 is 12.3 Å². The fourth-order valence-corrected chi connectivity index (χ4v) is 3.96. The number of aliphatic hydroxyl groups is 1. The number of hydrogen-bond acceptors (Lipinski definition) is 6. The van der Waals surface area contributed by atoms with Crippen LogP contribution in [-0.2, 0) is 6.42 Å². The summed E-state index contributed by atoms with van der Waals surface area (Å²) in [6, 6.07) is 10.5. The molecule has 1 saturated heterocycles. The molecule has 4 rings (SSSR count). The van der Waals surface area contributed by atoms with Crippen molar-refractivity contribution >= 4 is 17.4 Å². The van der Waals surface area contributed by atoms with Crippen LogP contribution in [-0.4, -0.2) is 47.0 Å². The van der Waals surface area contributed by atoms with Gasteiger partial charge in [0.2, 0.25) is 0 Å². The smallest absolute Gasteiger partial charge is 0.406 e. The molecule has 3 aromatic rings. The Hall–Kier alpha value is -3.66. The first kappa shape index (κ1) is 24.5. The summed E-state index contributed by atoms with van der Waals surface area (Å²) in [6.07, 6.45) is 0.0760. The van der Waals surface area contributed by atoms with E-state index in [4.69, 9.17) is 0 Å². The largest absolute Gasteiger partial charge is 0.573 e. The van der Waals surface area contributed by atoms with Crippen molar-refractivity contribution < 1.29 is 27.8 Å². The van der Waals surface area contributed by atoms with Gasteiger partial charge in [0, 0.05) is 60.5 Å². The van der Waals surface area contributed by atoms with Crippen molar-refractivity contribution in [3.05, 3.63) is 66.1 Å². The average molecular weight is 486 g/mol. The SMILES string of the molecule is CCc1ccc(-c2cc(C(=O)Nc3ccc(OC(F)(F)F)cc3)cnc2N2CC[C@H](CO)C2)cn1. The third-order valence-electron chi connectivity index (χ3n) is 5.82. The molecule has 1 fully saturated rings. The van der Waals surface area contributed by atoms with E-state index in [0.29, 0.717) is 18.1 Å². The van der Waals surface area contributed by atoms with Crippen LogP contribution >= 0.6 is 0 Å². The maximum absolute atomic E-state index is 12.9. The quantitative estimate of drug-likeness (QED) is 0.505. The van der Waals surface area contributed by atoms with E-state index in [1.807, 2.05) is 19.1 Å². The summed E-state index contributed by atoms with van der Waals surface area (Å²) >= 11 is 0. The lowest BCUT2D eigenvalue weighted by atomic mass is 10.0. The molecule has 2 N–H and O–H groups in total. The van der Waals surface area contributed by atoms with Crippen LogP contribution in [0.25, 0.3) is 11.1 Å². The van der Waals surface area contributed by atoms with Crippen molar-refractivity contribution in [2.75, 3.05) is 29.9 Å². The number of aromatic nitrogens is 2. The van der Waals surface area contributed by atoms with Crippen molar-refractivity contribution in [1.82, 2.24) is 9.97 Å². The Balaban J connectivity index is 1.59. The highest BCUT2D eigenvalue weighted by molar-refractivity contribution is 6.05. The lowest BCUT2D eigenvalue weighted by Crippen LogP contribution is -2.23. The molecule has 184 valence electrons. The van der Waals surface area contributed by atoms with Crippen molar-refractivity contribution in [3.63, 3.8) is 0 Å². The summed E-state index contributed by atoms with van der Waals surface area (Å²) in [5.41, 5.74) is 3.09. The number of benzene rings is 1. The van der Waals surface area contributed by atoms with E-state index in [0.717, 1.165) is 48.3 Å². The van der Waals surface area contributed by atoms with Gasteiger partial charge in [-0.2, -0.15) is 0 Å². The number of ether oxygens (including phenoxy) is 1. The van der Waals surface area contributed by atoms with Gasteiger partial charge in [-0.05, 0) is 49.2 Å². The number of aliphatic hydroxyl groups excluding tert-OH is 1. The number of alkyl halides is 3. The van der Waals surface area contributed by atoms with E-state index in [-0.39, 0.29) is 23.8 Å². The molecule has 0 radical (unpaired) electrons. The van der Waals surface area contributed by atoms with Crippen LogP contribution in [0.4, 0.5) is 24.7 Å². The second-order valence-corrected chi connectivity index (χ2v) is 8.30. The number of pyridine rings is 2. The number of halogens is 3. The molecule has 0 unspecified atom stereocenters. The van der Waals surface area contributed by atoms with Gasteiger partial charge in [-0.3, -0.25) is 9.78 Å². The minimum Gasteiger partial charge on any atom is -0.406 e. The van der Waals surface area contributed by atoms with Crippen LogP contribution < -0.4 is 15.0 Å². The second-order valence-electron chi connectivity index (χ2n) is 8.30. The molecule has 3 heterocycles. The van der Waals surface area contributed by atoms with Gasteiger partial charge in [0.1, 0.15) is 11.6 Å². The highest BCUT2D eigenvalue weighted by Gasteiger charge is 2.31. The highest BCUT2D eigenvalue weighted by atomic mass is 19.4. The fourth-order valence-electron chi connectivity index (χ4n) is 3.96.